The molecule has 1 amide bonds. The van der Waals surface area contributed by atoms with Gasteiger partial charge in [-0.1, -0.05) is 0 Å². The number of rotatable bonds is 9. The Bertz CT molecular complexity index is 2820. The van der Waals surface area contributed by atoms with E-state index in [0.717, 1.165) is 39.1 Å². The number of esters is 1. The van der Waals surface area contributed by atoms with E-state index in [0.29, 0.717) is 44.4 Å². The molecule has 0 saturated carbocycles. The van der Waals surface area contributed by atoms with Crippen molar-refractivity contribution in [3.8, 4) is 0 Å². The maximum Gasteiger partial charge on any atom is 0.339 e. The summed E-state index contributed by atoms with van der Waals surface area (Å²) in [6.45, 7) is 6.66. The number of fused-ring (bicyclic) bond motifs is 2. The number of hydrogen-bond acceptors (Lipinski definition) is 12. The number of nitrogens with zero attached hydrogens (tertiary/aromatic N) is 4. The maximum absolute atomic E-state index is 14.5. The number of methoxy groups -OCH3 is 1. The molecule has 0 aliphatic carbocycles. The van der Waals surface area contributed by atoms with Gasteiger partial charge in [-0.15, -0.1) is 0 Å². The van der Waals surface area contributed by atoms with Crippen LogP contribution < -0.4 is 20.5 Å². The van der Waals surface area contributed by atoms with E-state index in [9.17, 15) is 35.2 Å². The van der Waals surface area contributed by atoms with Crippen molar-refractivity contribution in [1.29, 1.82) is 0 Å². The fourth-order valence-corrected chi connectivity index (χ4v) is 7.25. The van der Waals surface area contributed by atoms with Crippen molar-refractivity contribution >= 4 is 97.2 Å². The molecule has 0 radical (unpaired) electrons. The summed E-state index contributed by atoms with van der Waals surface area (Å²) in [6, 6.07) is 11.1. The van der Waals surface area contributed by atoms with Gasteiger partial charge >= 0.3 is 5.97 Å². The molecule has 0 bridgehead atoms. The van der Waals surface area contributed by atoms with E-state index in [1.807, 2.05) is 6.07 Å². The number of nitrogens with one attached hydrogen (secondary N) is 3. The second-order valence-corrected chi connectivity index (χ2v) is 18.8. The standard InChI is InChI=1S/C19H18BrFN4O3S.C10H7BrN2O2.C10H15FN2O2S/c1-10-4-14(15(21)7-16(10)25-29(3,27)28)11(2)24-19(26)12-5-17-18(22-8-12)6-13(20)9-23-17;1-15-10(14)6-2-8-9(12-4-6)3-7(11)5-13-8;1-6-4-8(7(2)12)9(11)5-10(6)13-16(3,14)15/h4-9,11,25H,1-3H3,(H,24,26);2-5H,1H3;4-5,7,13H,12H2,1-3H3/t11-;;7-/m1.1/s1. The average Bonchev–Trinajstić information content (AvgIpc) is 3.15. The first kappa shape index (κ1) is 47.5. The molecule has 0 aliphatic rings. The number of aryl methyl sites for hydroxylation is 2. The van der Waals surface area contributed by atoms with E-state index in [4.69, 9.17) is 5.73 Å². The topological polar surface area (TPSA) is 225 Å². The molecule has 21 heteroatoms. The number of benzene rings is 2. The zero-order valence-electron chi connectivity index (χ0n) is 33.1. The van der Waals surface area contributed by atoms with Gasteiger partial charge in [0.05, 0.1) is 70.2 Å². The number of anilines is 2. The van der Waals surface area contributed by atoms with Gasteiger partial charge in [0, 0.05) is 50.9 Å². The summed E-state index contributed by atoms with van der Waals surface area (Å²) in [5.41, 5.74) is 11.1. The molecule has 4 aromatic heterocycles. The van der Waals surface area contributed by atoms with Gasteiger partial charge in [0.15, 0.2) is 0 Å². The second-order valence-electron chi connectivity index (χ2n) is 13.4. The summed E-state index contributed by atoms with van der Waals surface area (Å²) in [4.78, 5) is 40.5. The van der Waals surface area contributed by atoms with Crippen LogP contribution in [0, 0.1) is 25.5 Å². The Morgan fingerprint density at radius 1 is 0.667 bits per heavy atom. The molecule has 4 heterocycles. The van der Waals surface area contributed by atoms with Crippen molar-refractivity contribution in [2.24, 2.45) is 5.73 Å². The number of carbonyl (C=O) groups excluding carboxylic acids is 2. The first-order valence-corrected chi connectivity index (χ1v) is 22.8. The summed E-state index contributed by atoms with van der Waals surface area (Å²) in [6.07, 6.45) is 8.18. The lowest BCUT2D eigenvalue weighted by atomic mass is 10.0. The number of hydrogen-bond donors (Lipinski definition) is 4. The minimum atomic E-state index is -3.53. The molecule has 0 spiro atoms. The van der Waals surface area contributed by atoms with Crippen molar-refractivity contribution in [2.75, 3.05) is 29.1 Å². The van der Waals surface area contributed by atoms with Crippen LogP contribution in [0.5, 0.6) is 0 Å². The van der Waals surface area contributed by atoms with E-state index in [2.05, 4.69) is 71.3 Å². The molecule has 2 atom stereocenters. The van der Waals surface area contributed by atoms with Crippen LogP contribution in [0.3, 0.4) is 0 Å². The van der Waals surface area contributed by atoms with Crippen LogP contribution in [0.15, 0.2) is 82.3 Å². The Balaban J connectivity index is 0.000000217. The zero-order valence-corrected chi connectivity index (χ0v) is 37.9. The second kappa shape index (κ2) is 19.9. The van der Waals surface area contributed by atoms with Crippen LogP contribution in [-0.4, -0.2) is 68.3 Å². The van der Waals surface area contributed by atoms with Crippen LogP contribution in [0.25, 0.3) is 22.1 Å². The highest BCUT2D eigenvalue weighted by molar-refractivity contribution is 9.10. The van der Waals surface area contributed by atoms with Crippen molar-refractivity contribution in [1.82, 2.24) is 25.3 Å². The minimum Gasteiger partial charge on any atom is -0.465 e. The number of halogens is 4. The lowest BCUT2D eigenvalue weighted by Gasteiger charge is -2.18. The molecule has 2 aromatic carbocycles. The van der Waals surface area contributed by atoms with Gasteiger partial charge in [0.2, 0.25) is 20.0 Å². The molecule has 15 nitrogen and oxygen atoms in total. The number of carbonyl (C=O) groups is 2. The summed E-state index contributed by atoms with van der Waals surface area (Å²) < 4.78 is 83.7. The highest BCUT2D eigenvalue weighted by Crippen LogP contribution is 2.27. The number of pyridine rings is 4. The first-order valence-electron chi connectivity index (χ1n) is 17.5. The summed E-state index contributed by atoms with van der Waals surface area (Å²) in [5.74, 6) is -1.97. The number of amides is 1. The van der Waals surface area contributed by atoms with Crippen LogP contribution in [0.1, 0.15) is 68.9 Å². The molecular formula is C39H40Br2F2N8O7S2. The van der Waals surface area contributed by atoms with Crippen LogP contribution >= 0.6 is 31.9 Å². The Morgan fingerprint density at radius 2 is 1.07 bits per heavy atom. The van der Waals surface area contributed by atoms with Crippen LogP contribution in [0.2, 0.25) is 0 Å². The van der Waals surface area contributed by atoms with Crippen molar-refractivity contribution in [2.45, 2.75) is 39.8 Å². The van der Waals surface area contributed by atoms with E-state index in [1.54, 1.807) is 64.4 Å². The van der Waals surface area contributed by atoms with Gasteiger partial charge in [-0.25, -0.2) is 30.4 Å². The molecule has 0 aliphatic heterocycles. The fourth-order valence-electron chi connectivity index (χ4n) is 5.37. The zero-order chi connectivity index (χ0) is 44.7. The van der Waals surface area contributed by atoms with E-state index >= 15 is 0 Å². The molecule has 0 saturated heterocycles. The van der Waals surface area contributed by atoms with E-state index in [-0.39, 0.29) is 16.9 Å². The fraction of sp³-hybridized carbons (Fsp3) is 0.231. The summed E-state index contributed by atoms with van der Waals surface area (Å²) in [5, 5.41) is 2.73. The SMILES string of the molecule is COC(=O)c1cnc2cc(Br)cnc2c1.Cc1cc([C@@H](C)N)c(F)cc1NS(C)(=O)=O.Cc1cc([C@@H](C)NC(=O)c2cnc3cc(Br)cnc3c2)c(F)cc1NS(C)(=O)=O. The van der Waals surface area contributed by atoms with Crippen molar-refractivity contribution < 1.29 is 39.9 Å². The number of nitrogens with two attached hydrogens (primary N) is 1. The third kappa shape index (κ3) is 13.4. The Labute approximate surface area is 362 Å². The van der Waals surface area contributed by atoms with Gasteiger partial charge < -0.3 is 15.8 Å². The third-order valence-corrected chi connectivity index (χ3v) is 10.3. The highest BCUT2D eigenvalue weighted by Gasteiger charge is 2.19. The average molecular weight is 995 g/mol. The molecule has 6 aromatic rings. The van der Waals surface area contributed by atoms with E-state index in [1.165, 1.54) is 25.6 Å². The summed E-state index contributed by atoms with van der Waals surface area (Å²) in [7, 11) is -5.59. The quantitative estimate of drug-likeness (QED) is 0.104. The predicted molar refractivity (Wildman–Crippen MR) is 234 cm³/mol. The van der Waals surface area contributed by atoms with Crippen LogP contribution in [0.4, 0.5) is 20.2 Å². The first-order chi connectivity index (χ1) is 27.9. The molecule has 6 rings (SSSR count). The molecular weight excluding hydrogens is 954 g/mol. The smallest absolute Gasteiger partial charge is 0.339 e. The molecule has 60 heavy (non-hydrogen) atoms. The van der Waals surface area contributed by atoms with E-state index < -0.39 is 55.6 Å². The third-order valence-electron chi connectivity index (χ3n) is 8.26. The van der Waals surface area contributed by atoms with Gasteiger partial charge in [0.1, 0.15) is 11.6 Å². The predicted octanol–water partition coefficient (Wildman–Crippen LogP) is 7.41. The van der Waals surface area contributed by atoms with Crippen molar-refractivity contribution in [3.05, 3.63) is 127 Å². The summed E-state index contributed by atoms with van der Waals surface area (Å²) >= 11 is 6.62. The van der Waals surface area contributed by atoms with Gasteiger partial charge in [-0.05, 0) is 119 Å². The molecule has 0 fully saturated rings. The Hall–Kier alpha value is -5.22. The Kier molecular flexibility index (Phi) is 15.7. The molecule has 0 unspecified atom stereocenters. The van der Waals surface area contributed by atoms with Gasteiger partial charge in [-0.2, -0.15) is 0 Å². The maximum atomic E-state index is 14.5. The number of sulfonamides is 2. The lowest BCUT2D eigenvalue weighted by molar-refractivity contribution is 0.0600. The minimum absolute atomic E-state index is 0.156. The number of ether oxygens (including phenoxy) is 1. The number of aromatic nitrogens is 4. The Morgan fingerprint density at radius 3 is 1.52 bits per heavy atom. The molecule has 318 valence electrons. The highest BCUT2D eigenvalue weighted by atomic mass is 79.9. The van der Waals surface area contributed by atoms with Gasteiger partial charge in [0.25, 0.3) is 5.91 Å². The largest absolute Gasteiger partial charge is 0.465 e. The molecule has 5 N–H and O–H groups in total. The normalized spacial score (nSPS) is 12.3. The van der Waals surface area contributed by atoms with Crippen LogP contribution in [-0.2, 0) is 24.8 Å². The lowest BCUT2D eigenvalue weighted by Crippen LogP contribution is -2.27. The van der Waals surface area contributed by atoms with Gasteiger partial charge in [-0.3, -0.25) is 34.2 Å². The monoisotopic (exact) mass is 992 g/mol. The van der Waals surface area contributed by atoms with Crippen molar-refractivity contribution in [3.63, 3.8) is 0 Å².